The van der Waals surface area contributed by atoms with Crippen molar-refractivity contribution in [3.05, 3.63) is 66.2 Å². The molecule has 5 rings (SSSR count). The molecule has 27 heavy (non-hydrogen) atoms. The molecule has 1 aliphatic heterocycles. The maximum atomic E-state index is 3.98. The van der Waals surface area contributed by atoms with E-state index in [1.807, 2.05) is 0 Å². The number of nitrogens with zero attached hydrogens (tertiary/aromatic N) is 1. The first-order chi connectivity index (χ1) is 13.3. The van der Waals surface area contributed by atoms with Gasteiger partial charge in [-0.15, -0.1) is 0 Å². The summed E-state index contributed by atoms with van der Waals surface area (Å²) in [5.74, 6) is 1.52. The molecule has 0 saturated heterocycles. The predicted molar refractivity (Wildman–Crippen MR) is 113 cm³/mol. The van der Waals surface area contributed by atoms with Gasteiger partial charge in [0.1, 0.15) is 0 Å². The van der Waals surface area contributed by atoms with E-state index in [0.717, 1.165) is 0 Å². The van der Waals surface area contributed by atoms with Crippen LogP contribution in [0.1, 0.15) is 51.9 Å². The maximum Gasteiger partial charge on any atom is 0.194 e. The summed E-state index contributed by atoms with van der Waals surface area (Å²) in [7, 11) is 0. The van der Waals surface area contributed by atoms with Crippen LogP contribution in [0.25, 0.3) is 11.1 Å². The highest BCUT2D eigenvalue weighted by atomic mass is 15.2. The van der Waals surface area contributed by atoms with Crippen LogP contribution in [0.3, 0.4) is 0 Å². The van der Waals surface area contributed by atoms with E-state index in [9.17, 15) is 0 Å². The van der Waals surface area contributed by atoms with E-state index in [1.165, 1.54) is 79.1 Å². The molecule has 1 N–H and O–H groups in total. The Bertz CT molecular complexity index is 807. The highest BCUT2D eigenvalue weighted by Crippen LogP contribution is 2.49. The van der Waals surface area contributed by atoms with Gasteiger partial charge in [0.15, 0.2) is 17.4 Å². The molecule has 0 unspecified atom stereocenters. The third-order valence-corrected chi connectivity index (χ3v) is 6.49. The first kappa shape index (κ1) is 17.1. The van der Waals surface area contributed by atoms with E-state index in [0.29, 0.717) is 12.1 Å². The minimum absolute atomic E-state index is 0.520. The molecule has 0 bridgehead atoms. The average molecular weight is 358 g/mol. The average Bonchev–Trinajstić information content (AvgIpc) is 3.03. The van der Waals surface area contributed by atoms with Gasteiger partial charge in [0.25, 0.3) is 0 Å². The van der Waals surface area contributed by atoms with Gasteiger partial charge in [0, 0.05) is 24.3 Å². The van der Waals surface area contributed by atoms with Gasteiger partial charge in [-0.1, -0.05) is 48.6 Å². The Morgan fingerprint density at radius 2 is 1.48 bits per heavy atom. The lowest BCUT2D eigenvalue weighted by Gasteiger charge is -2.34. The molecule has 2 aromatic carbocycles. The maximum absolute atomic E-state index is 3.98. The quantitative estimate of drug-likeness (QED) is 0.635. The summed E-state index contributed by atoms with van der Waals surface area (Å²) >= 11 is 0. The van der Waals surface area contributed by atoms with Crippen molar-refractivity contribution in [2.24, 2.45) is 0 Å². The van der Waals surface area contributed by atoms with Crippen LogP contribution in [-0.2, 0) is 0 Å². The zero-order chi connectivity index (χ0) is 18.2. The Balaban J connectivity index is 1.50. The number of rotatable bonds is 3. The number of anilines is 2. The Kier molecular flexibility index (Phi) is 4.53. The van der Waals surface area contributed by atoms with Crippen molar-refractivity contribution in [2.45, 2.75) is 64.0 Å². The SMILES string of the molecule is C[C]1C=C(N[C@@H]2CCCC[C@H]2[N+]2c3ccccc3-c3ccccc32)CCC1. The lowest BCUT2D eigenvalue weighted by atomic mass is 9.87. The lowest BCUT2D eigenvalue weighted by Crippen LogP contribution is -2.50. The molecule has 1 heterocycles. The van der Waals surface area contributed by atoms with Gasteiger partial charge in [-0.25, -0.2) is 0 Å². The van der Waals surface area contributed by atoms with Gasteiger partial charge in [-0.2, -0.15) is 0 Å². The number of nitrogens with one attached hydrogen (secondary N) is 1. The number of para-hydroxylation sites is 2. The van der Waals surface area contributed by atoms with Crippen molar-refractivity contribution in [2.75, 3.05) is 0 Å². The minimum Gasteiger partial charge on any atom is -0.380 e. The smallest absolute Gasteiger partial charge is 0.194 e. The third kappa shape index (κ3) is 3.10. The molecule has 1 saturated carbocycles. The van der Waals surface area contributed by atoms with Gasteiger partial charge in [0.05, 0.1) is 17.2 Å². The zero-order valence-corrected chi connectivity index (χ0v) is 16.2. The molecule has 2 nitrogen and oxygen atoms in total. The third-order valence-electron chi connectivity index (χ3n) is 6.49. The van der Waals surface area contributed by atoms with E-state index in [2.05, 4.69) is 71.7 Å². The van der Waals surface area contributed by atoms with Gasteiger partial charge in [-0.05, 0) is 50.2 Å². The molecule has 0 spiro atoms. The molecule has 1 fully saturated rings. The Labute approximate surface area is 163 Å². The fourth-order valence-corrected chi connectivity index (χ4v) is 5.25. The summed E-state index contributed by atoms with van der Waals surface area (Å²) in [6, 6.07) is 18.9. The van der Waals surface area contributed by atoms with Crippen LogP contribution in [0.4, 0.5) is 11.4 Å². The molecule has 0 amide bonds. The minimum atomic E-state index is 0.520. The second kappa shape index (κ2) is 7.16. The first-order valence-corrected chi connectivity index (χ1v) is 10.6. The molecule has 2 aromatic rings. The second-order valence-corrected chi connectivity index (χ2v) is 8.38. The highest BCUT2D eigenvalue weighted by molar-refractivity contribution is 5.92. The summed E-state index contributed by atoms with van der Waals surface area (Å²) in [5, 5.41) is 3.98. The molecule has 0 aromatic heterocycles. The van der Waals surface area contributed by atoms with Crippen LogP contribution in [0.5, 0.6) is 0 Å². The fourth-order valence-electron chi connectivity index (χ4n) is 5.25. The Morgan fingerprint density at radius 1 is 0.815 bits per heavy atom. The van der Waals surface area contributed by atoms with Crippen LogP contribution in [-0.4, -0.2) is 12.1 Å². The normalized spacial score (nSPS) is 25.6. The van der Waals surface area contributed by atoms with Crippen LogP contribution in [0, 0.1) is 5.92 Å². The zero-order valence-electron chi connectivity index (χ0n) is 16.2. The number of hydrogen-bond acceptors (Lipinski definition) is 2. The molecular weight excluding hydrogens is 328 g/mol. The summed E-state index contributed by atoms with van der Waals surface area (Å²) in [4.78, 5) is 2.64. The van der Waals surface area contributed by atoms with E-state index in [1.54, 1.807) is 0 Å². The Morgan fingerprint density at radius 3 is 2.19 bits per heavy atom. The number of allylic oxidation sites excluding steroid dienone is 2. The van der Waals surface area contributed by atoms with Crippen molar-refractivity contribution < 1.29 is 0 Å². The topological polar surface area (TPSA) is 17.9 Å². The fraction of sp³-hybridized carbons (Fsp3) is 0.400. The number of fused-ring (bicyclic) bond motifs is 3. The van der Waals surface area contributed by atoms with Gasteiger partial charge < -0.3 is 5.32 Å². The summed E-state index contributed by atoms with van der Waals surface area (Å²) < 4.78 is 0. The molecule has 2 heteroatoms. The lowest BCUT2D eigenvalue weighted by molar-refractivity contribution is 0.283. The van der Waals surface area contributed by atoms with Crippen molar-refractivity contribution in [1.82, 2.24) is 10.2 Å². The molecule has 2 aliphatic carbocycles. The number of hydrogen-bond donors (Lipinski definition) is 1. The molecular formula is C25H29N2+. The van der Waals surface area contributed by atoms with Gasteiger partial charge in [0.2, 0.25) is 0 Å². The summed E-state index contributed by atoms with van der Waals surface area (Å²) in [5.41, 5.74) is 7.00. The van der Waals surface area contributed by atoms with Crippen LogP contribution in [0.2, 0.25) is 0 Å². The largest absolute Gasteiger partial charge is 0.380 e. The summed E-state index contributed by atoms with van der Waals surface area (Å²) in [6.45, 7) is 2.27. The Hall–Kier alpha value is -2.06. The summed E-state index contributed by atoms with van der Waals surface area (Å²) in [6.07, 6.45) is 11.3. The van der Waals surface area contributed by atoms with Crippen LogP contribution >= 0.6 is 0 Å². The number of benzene rings is 2. The van der Waals surface area contributed by atoms with Gasteiger partial charge >= 0.3 is 0 Å². The van der Waals surface area contributed by atoms with Crippen molar-refractivity contribution in [1.29, 1.82) is 0 Å². The second-order valence-electron chi connectivity index (χ2n) is 8.38. The highest BCUT2D eigenvalue weighted by Gasteiger charge is 2.46. The first-order valence-electron chi connectivity index (χ1n) is 10.6. The molecule has 2 radical (unpaired) electrons. The van der Waals surface area contributed by atoms with Crippen LogP contribution in [0.15, 0.2) is 60.3 Å². The molecule has 2 atom stereocenters. The van der Waals surface area contributed by atoms with Crippen molar-refractivity contribution in [3.63, 3.8) is 0 Å². The van der Waals surface area contributed by atoms with E-state index in [-0.39, 0.29) is 0 Å². The van der Waals surface area contributed by atoms with E-state index >= 15 is 0 Å². The van der Waals surface area contributed by atoms with Crippen molar-refractivity contribution in [3.8, 4) is 11.1 Å². The molecule has 3 aliphatic rings. The van der Waals surface area contributed by atoms with Crippen LogP contribution < -0.4 is 10.2 Å². The predicted octanol–water partition coefficient (Wildman–Crippen LogP) is 6.33. The van der Waals surface area contributed by atoms with E-state index in [4.69, 9.17) is 0 Å². The monoisotopic (exact) mass is 357 g/mol. The standard InChI is InChI=1S/C25H29N2/c1-18-9-8-10-19(17-18)26-22-13-4-7-16-25(22)27-23-14-5-2-11-20(23)21-12-3-6-15-24(21)27/h2-3,5-6,11-12,14-15,17,22,25-26H,4,7-10,13,16H2,1H3/q+1/t22-,25-/m1/s1. The van der Waals surface area contributed by atoms with Gasteiger partial charge in [-0.3, -0.25) is 0 Å². The van der Waals surface area contributed by atoms with E-state index < -0.39 is 0 Å². The van der Waals surface area contributed by atoms with Crippen molar-refractivity contribution >= 4 is 11.4 Å². The molecule has 138 valence electrons.